The minimum Gasteiger partial charge on any atom is -0.467 e. The lowest BCUT2D eigenvalue weighted by Crippen LogP contribution is -2.17. The molecule has 1 aromatic carbocycles. The first-order valence-corrected chi connectivity index (χ1v) is 6.95. The van der Waals surface area contributed by atoms with Crippen LogP contribution in [0.25, 0.3) is 0 Å². The van der Waals surface area contributed by atoms with Gasteiger partial charge >= 0.3 is 0 Å². The van der Waals surface area contributed by atoms with Gasteiger partial charge in [-0.2, -0.15) is 0 Å². The summed E-state index contributed by atoms with van der Waals surface area (Å²) in [7, 11) is 0. The molecule has 3 nitrogen and oxygen atoms in total. The Balaban J connectivity index is 1.68. The molecule has 19 heavy (non-hydrogen) atoms. The van der Waals surface area contributed by atoms with Crippen molar-refractivity contribution in [3.8, 4) is 0 Å². The van der Waals surface area contributed by atoms with Gasteiger partial charge in [0.15, 0.2) is 0 Å². The van der Waals surface area contributed by atoms with E-state index in [1.165, 1.54) is 42.9 Å². The first-order valence-electron chi connectivity index (χ1n) is 6.95. The van der Waals surface area contributed by atoms with Crippen LogP contribution in [0.3, 0.4) is 0 Å². The number of anilines is 2. The van der Waals surface area contributed by atoms with E-state index in [0.717, 1.165) is 12.3 Å². The second-order valence-electron chi connectivity index (χ2n) is 5.13. The summed E-state index contributed by atoms with van der Waals surface area (Å²) in [6.45, 7) is 5.28. The zero-order chi connectivity index (χ0) is 13.1. The number of nitrogens with zero attached hydrogens (tertiary/aromatic N) is 1. The van der Waals surface area contributed by atoms with Crippen molar-refractivity contribution in [1.82, 2.24) is 0 Å². The largest absolute Gasteiger partial charge is 0.467 e. The van der Waals surface area contributed by atoms with Crippen molar-refractivity contribution in [3.63, 3.8) is 0 Å². The maximum Gasteiger partial charge on any atom is 0.122 e. The van der Waals surface area contributed by atoms with Crippen molar-refractivity contribution in [2.75, 3.05) is 23.3 Å². The van der Waals surface area contributed by atoms with Gasteiger partial charge in [0.1, 0.15) is 5.76 Å². The van der Waals surface area contributed by atoms with Gasteiger partial charge in [-0.3, -0.25) is 0 Å². The molecular formula is C16H20N2O. The van der Waals surface area contributed by atoms with Crippen LogP contribution in [-0.4, -0.2) is 13.1 Å². The van der Waals surface area contributed by atoms with E-state index in [9.17, 15) is 0 Å². The highest BCUT2D eigenvalue weighted by molar-refractivity contribution is 5.60. The maximum atomic E-state index is 5.33. The summed E-state index contributed by atoms with van der Waals surface area (Å²) in [5, 5.41) is 3.42. The molecule has 0 amide bonds. The fourth-order valence-electron chi connectivity index (χ4n) is 2.61. The van der Waals surface area contributed by atoms with Gasteiger partial charge in [-0.15, -0.1) is 0 Å². The van der Waals surface area contributed by atoms with E-state index in [0.29, 0.717) is 0 Å². The summed E-state index contributed by atoms with van der Waals surface area (Å²) < 4.78 is 5.33. The van der Waals surface area contributed by atoms with Crippen molar-refractivity contribution < 1.29 is 4.42 Å². The van der Waals surface area contributed by atoms with Crippen LogP contribution < -0.4 is 10.2 Å². The van der Waals surface area contributed by atoms with Gasteiger partial charge in [-0.25, -0.2) is 0 Å². The number of nitrogens with one attached hydrogen (secondary N) is 1. The van der Waals surface area contributed by atoms with E-state index in [2.05, 4.69) is 35.3 Å². The molecule has 3 rings (SSSR count). The topological polar surface area (TPSA) is 28.4 Å². The van der Waals surface area contributed by atoms with E-state index >= 15 is 0 Å². The highest BCUT2D eigenvalue weighted by atomic mass is 16.3. The average molecular weight is 256 g/mol. The minimum absolute atomic E-state index is 0.733. The number of rotatable bonds is 4. The van der Waals surface area contributed by atoms with Gasteiger partial charge in [0.2, 0.25) is 0 Å². The summed E-state index contributed by atoms with van der Waals surface area (Å²) in [5.41, 5.74) is 3.81. The molecule has 1 aliphatic rings. The second kappa shape index (κ2) is 5.39. The molecule has 2 aromatic rings. The van der Waals surface area contributed by atoms with Crippen molar-refractivity contribution in [3.05, 3.63) is 47.9 Å². The molecule has 0 spiro atoms. The van der Waals surface area contributed by atoms with Gasteiger partial charge in [0, 0.05) is 24.5 Å². The summed E-state index contributed by atoms with van der Waals surface area (Å²) in [4.78, 5) is 2.46. The van der Waals surface area contributed by atoms with Gasteiger partial charge in [-0.05, 0) is 55.7 Å². The van der Waals surface area contributed by atoms with E-state index in [4.69, 9.17) is 4.42 Å². The molecule has 1 saturated heterocycles. The molecule has 0 unspecified atom stereocenters. The van der Waals surface area contributed by atoms with Crippen LogP contribution >= 0.6 is 0 Å². The summed E-state index contributed by atoms with van der Waals surface area (Å²) in [6.07, 6.45) is 4.34. The van der Waals surface area contributed by atoms with Crippen LogP contribution in [-0.2, 0) is 6.54 Å². The van der Waals surface area contributed by atoms with Crippen molar-refractivity contribution in [2.45, 2.75) is 26.3 Å². The van der Waals surface area contributed by atoms with Crippen LogP contribution in [0, 0.1) is 6.92 Å². The maximum absolute atomic E-state index is 5.33. The summed E-state index contributed by atoms with van der Waals surface area (Å²) in [6, 6.07) is 10.6. The van der Waals surface area contributed by atoms with Gasteiger partial charge in [0.25, 0.3) is 0 Å². The second-order valence-corrected chi connectivity index (χ2v) is 5.13. The molecule has 0 aliphatic carbocycles. The Hall–Kier alpha value is -1.90. The minimum atomic E-state index is 0.733. The van der Waals surface area contributed by atoms with Crippen molar-refractivity contribution >= 4 is 11.4 Å². The van der Waals surface area contributed by atoms with Crippen LogP contribution in [0.1, 0.15) is 24.2 Å². The highest BCUT2D eigenvalue weighted by Gasteiger charge is 2.12. The lowest BCUT2D eigenvalue weighted by Gasteiger charge is -2.19. The quantitative estimate of drug-likeness (QED) is 0.902. The lowest BCUT2D eigenvalue weighted by atomic mass is 10.1. The van der Waals surface area contributed by atoms with E-state index in [1.54, 1.807) is 6.26 Å². The molecule has 1 aliphatic heterocycles. The molecule has 100 valence electrons. The van der Waals surface area contributed by atoms with Gasteiger partial charge in [0.05, 0.1) is 12.8 Å². The number of aryl methyl sites for hydroxylation is 1. The average Bonchev–Trinajstić information content (AvgIpc) is 3.10. The molecule has 0 bridgehead atoms. The predicted octanol–water partition coefficient (Wildman–Crippen LogP) is 3.80. The Labute approximate surface area is 114 Å². The summed E-state index contributed by atoms with van der Waals surface area (Å²) in [5.74, 6) is 0.961. The molecule has 0 saturated carbocycles. The van der Waals surface area contributed by atoms with Crippen molar-refractivity contribution in [2.24, 2.45) is 0 Å². The third kappa shape index (κ3) is 2.75. The predicted molar refractivity (Wildman–Crippen MR) is 78.7 cm³/mol. The third-order valence-electron chi connectivity index (χ3n) is 3.71. The molecule has 1 N–H and O–H groups in total. The van der Waals surface area contributed by atoms with E-state index < -0.39 is 0 Å². The molecular weight excluding hydrogens is 236 g/mol. The number of hydrogen-bond acceptors (Lipinski definition) is 3. The van der Waals surface area contributed by atoms with Crippen LogP contribution in [0.15, 0.2) is 41.0 Å². The lowest BCUT2D eigenvalue weighted by molar-refractivity contribution is 0.518. The van der Waals surface area contributed by atoms with Crippen LogP contribution in [0.2, 0.25) is 0 Å². The normalized spacial score (nSPS) is 14.9. The third-order valence-corrected chi connectivity index (χ3v) is 3.71. The van der Waals surface area contributed by atoms with E-state index in [-0.39, 0.29) is 0 Å². The van der Waals surface area contributed by atoms with E-state index in [1.807, 2.05) is 12.1 Å². The first kappa shape index (κ1) is 12.2. The monoisotopic (exact) mass is 256 g/mol. The smallest absolute Gasteiger partial charge is 0.122 e. The molecule has 0 atom stereocenters. The highest BCUT2D eigenvalue weighted by Crippen LogP contribution is 2.25. The molecule has 3 heteroatoms. The molecule has 0 radical (unpaired) electrons. The SMILES string of the molecule is Cc1cc(N2CCCC2)ccc1NCc1ccco1. The Morgan fingerprint density at radius 1 is 1.21 bits per heavy atom. The van der Waals surface area contributed by atoms with Crippen LogP contribution in [0.4, 0.5) is 11.4 Å². The standard InChI is InChI=1S/C16H20N2O/c1-13-11-14(18-8-2-3-9-18)6-7-16(13)17-12-15-5-4-10-19-15/h4-7,10-11,17H,2-3,8-9,12H2,1H3. The Kier molecular flexibility index (Phi) is 3.45. The Morgan fingerprint density at radius 3 is 2.74 bits per heavy atom. The zero-order valence-corrected chi connectivity index (χ0v) is 11.4. The van der Waals surface area contributed by atoms with Crippen molar-refractivity contribution in [1.29, 1.82) is 0 Å². The zero-order valence-electron chi connectivity index (χ0n) is 11.4. The van der Waals surface area contributed by atoms with Crippen LogP contribution in [0.5, 0.6) is 0 Å². The molecule has 1 aromatic heterocycles. The van der Waals surface area contributed by atoms with Gasteiger partial charge < -0.3 is 14.6 Å². The fourth-order valence-corrected chi connectivity index (χ4v) is 2.61. The number of benzene rings is 1. The number of hydrogen-bond donors (Lipinski definition) is 1. The Morgan fingerprint density at radius 2 is 2.05 bits per heavy atom. The fraction of sp³-hybridized carbons (Fsp3) is 0.375. The number of furan rings is 1. The first-order chi connectivity index (χ1) is 9.33. The molecule has 1 fully saturated rings. The Bertz CT molecular complexity index is 528. The molecule has 2 heterocycles. The summed E-state index contributed by atoms with van der Waals surface area (Å²) >= 11 is 0. The van der Waals surface area contributed by atoms with Gasteiger partial charge in [-0.1, -0.05) is 0 Å².